The van der Waals surface area contributed by atoms with Crippen LogP contribution >= 0.6 is 11.6 Å². The second-order valence-electron chi connectivity index (χ2n) is 7.83. The average Bonchev–Trinajstić information content (AvgIpc) is 3.21. The van der Waals surface area contributed by atoms with Gasteiger partial charge in [0.1, 0.15) is 5.52 Å². The molecule has 0 bridgehead atoms. The number of unbranched alkanes of at least 4 members (excludes halogenated alkanes) is 1. The van der Waals surface area contributed by atoms with Crippen LogP contribution in [0.4, 0.5) is 11.5 Å². The van der Waals surface area contributed by atoms with Gasteiger partial charge >= 0.3 is 0 Å². The van der Waals surface area contributed by atoms with E-state index >= 15 is 0 Å². The van der Waals surface area contributed by atoms with Crippen LogP contribution in [0.3, 0.4) is 0 Å². The van der Waals surface area contributed by atoms with Crippen LogP contribution in [0, 0.1) is 10.1 Å². The fourth-order valence-electron chi connectivity index (χ4n) is 3.91. The van der Waals surface area contributed by atoms with Gasteiger partial charge < -0.3 is 15.2 Å². The number of fused-ring (bicyclic) bond motifs is 3. The van der Waals surface area contributed by atoms with Crippen LogP contribution in [0.1, 0.15) is 25.3 Å². The molecule has 0 aliphatic carbocycles. The number of pyridine rings is 1. The Hall–Kier alpha value is -3.72. The van der Waals surface area contributed by atoms with Crippen LogP contribution in [-0.4, -0.2) is 36.8 Å². The lowest BCUT2D eigenvalue weighted by atomic mass is 10.1. The Balaban J connectivity index is 1.45. The highest BCUT2D eigenvalue weighted by atomic mass is 35.5. The molecule has 0 fully saturated rings. The number of hydrogen-bond donors (Lipinski definition) is 1. The Kier molecular flexibility index (Phi) is 6.41. The van der Waals surface area contributed by atoms with Crippen LogP contribution in [0.2, 0.25) is 5.02 Å². The SMILES string of the molecule is CC(=O)N(CCCCn1cnc2c(N)nc3ccccc3c21)Cc1cc([N+](=O)[O-])ccc1Cl. The molecule has 9 nitrogen and oxygen atoms in total. The molecule has 2 aromatic carbocycles. The summed E-state index contributed by atoms with van der Waals surface area (Å²) in [6.07, 6.45) is 3.31. The topological polar surface area (TPSA) is 120 Å². The minimum atomic E-state index is -0.473. The summed E-state index contributed by atoms with van der Waals surface area (Å²) in [6, 6.07) is 12.1. The first-order chi connectivity index (χ1) is 15.8. The molecule has 170 valence electrons. The zero-order chi connectivity index (χ0) is 23.5. The van der Waals surface area contributed by atoms with E-state index in [2.05, 4.69) is 14.5 Å². The van der Waals surface area contributed by atoms with E-state index in [1.54, 1.807) is 11.2 Å². The number of carbonyl (C=O) groups excluding carboxylic acids is 1. The van der Waals surface area contributed by atoms with Crippen LogP contribution in [-0.2, 0) is 17.9 Å². The number of nitrogens with two attached hydrogens (primary N) is 1. The lowest BCUT2D eigenvalue weighted by molar-refractivity contribution is -0.384. The maximum absolute atomic E-state index is 12.2. The maximum atomic E-state index is 12.2. The molecule has 0 saturated carbocycles. The zero-order valence-corrected chi connectivity index (χ0v) is 18.8. The number of nitro benzene ring substituents is 1. The predicted octanol–water partition coefficient (Wildman–Crippen LogP) is 4.56. The van der Waals surface area contributed by atoms with Crippen LogP contribution in [0.5, 0.6) is 0 Å². The highest BCUT2D eigenvalue weighted by Gasteiger charge is 2.16. The lowest BCUT2D eigenvalue weighted by Gasteiger charge is -2.21. The van der Waals surface area contributed by atoms with Gasteiger partial charge in [-0.25, -0.2) is 9.97 Å². The van der Waals surface area contributed by atoms with E-state index in [0.29, 0.717) is 35.0 Å². The Morgan fingerprint density at radius 2 is 2.03 bits per heavy atom. The van der Waals surface area contributed by atoms with Crippen molar-refractivity contribution in [3.63, 3.8) is 0 Å². The molecule has 10 heteroatoms. The number of para-hydroxylation sites is 1. The Morgan fingerprint density at radius 3 is 2.79 bits per heavy atom. The van der Waals surface area contributed by atoms with Crippen molar-refractivity contribution in [2.24, 2.45) is 0 Å². The second kappa shape index (κ2) is 9.41. The number of hydrogen-bond acceptors (Lipinski definition) is 6. The Bertz CT molecular complexity index is 1350. The van der Waals surface area contributed by atoms with Gasteiger partial charge in [0.2, 0.25) is 5.91 Å². The fraction of sp³-hybridized carbons (Fsp3) is 0.261. The van der Waals surface area contributed by atoms with E-state index < -0.39 is 4.92 Å². The van der Waals surface area contributed by atoms with Crippen molar-refractivity contribution in [2.75, 3.05) is 12.3 Å². The summed E-state index contributed by atoms with van der Waals surface area (Å²) in [5, 5.41) is 12.5. The molecule has 2 heterocycles. The molecule has 4 aromatic rings. The van der Waals surface area contributed by atoms with Crippen molar-refractivity contribution in [3.8, 4) is 0 Å². The summed E-state index contributed by atoms with van der Waals surface area (Å²) in [5.41, 5.74) is 9.05. The standard InChI is InChI=1S/C23H23ClN6O3/c1-15(31)28(13-16-12-17(30(32)33)8-9-19(16)24)10-4-5-11-29-14-26-21-22(29)18-6-2-3-7-20(18)27-23(21)25/h2-3,6-9,12,14H,4-5,10-11,13H2,1H3,(H2,25,27). The van der Waals surface area contributed by atoms with E-state index in [1.165, 1.54) is 25.1 Å². The van der Waals surface area contributed by atoms with Crippen molar-refractivity contribution in [3.05, 3.63) is 69.5 Å². The summed E-state index contributed by atoms with van der Waals surface area (Å²) < 4.78 is 2.06. The third-order valence-electron chi connectivity index (χ3n) is 5.60. The maximum Gasteiger partial charge on any atom is 0.269 e. The van der Waals surface area contributed by atoms with Gasteiger partial charge in [0, 0.05) is 49.1 Å². The Morgan fingerprint density at radius 1 is 1.24 bits per heavy atom. The predicted molar refractivity (Wildman–Crippen MR) is 128 cm³/mol. The third kappa shape index (κ3) is 4.73. The number of nitrogen functional groups attached to an aromatic ring is 1. The molecule has 33 heavy (non-hydrogen) atoms. The van der Waals surface area contributed by atoms with Crippen molar-refractivity contribution in [2.45, 2.75) is 32.9 Å². The number of halogens is 1. The van der Waals surface area contributed by atoms with Crippen molar-refractivity contribution >= 4 is 50.9 Å². The van der Waals surface area contributed by atoms with E-state index in [9.17, 15) is 14.9 Å². The molecule has 0 aliphatic heterocycles. The second-order valence-corrected chi connectivity index (χ2v) is 8.24. The zero-order valence-electron chi connectivity index (χ0n) is 18.1. The number of aryl methyl sites for hydroxylation is 1. The van der Waals surface area contributed by atoms with E-state index in [-0.39, 0.29) is 18.1 Å². The van der Waals surface area contributed by atoms with Crippen LogP contribution in [0.25, 0.3) is 21.9 Å². The van der Waals surface area contributed by atoms with E-state index in [0.717, 1.165) is 29.3 Å². The van der Waals surface area contributed by atoms with E-state index in [4.69, 9.17) is 17.3 Å². The molecule has 0 unspecified atom stereocenters. The Labute approximate surface area is 194 Å². The first-order valence-corrected chi connectivity index (χ1v) is 10.9. The summed E-state index contributed by atoms with van der Waals surface area (Å²) in [4.78, 5) is 33.3. The molecule has 1 amide bonds. The van der Waals surface area contributed by atoms with Crippen LogP contribution in [0.15, 0.2) is 48.8 Å². The molecular formula is C23H23ClN6O3. The number of nitrogens with zero attached hydrogens (tertiary/aromatic N) is 5. The van der Waals surface area contributed by atoms with Gasteiger partial charge in [-0.15, -0.1) is 0 Å². The summed E-state index contributed by atoms with van der Waals surface area (Å²) in [7, 11) is 0. The molecular weight excluding hydrogens is 444 g/mol. The van der Waals surface area contributed by atoms with Gasteiger partial charge in [0.05, 0.1) is 22.3 Å². The van der Waals surface area contributed by atoms with Crippen molar-refractivity contribution in [1.82, 2.24) is 19.4 Å². The number of benzene rings is 2. The smallest absolute Gasteiger partial charge is 0.269 e. The largest absolute Gasteiger partial charge is 0.382 e. The third-order valence-corrected chi connectivity index (χ3v) is 5.97. The van der Waals surface area contributed by atoms with Gasteiger partial charge in [-0.3, -0.25) is 14.9 Å². The lowest BCUT2D eigenvalue weighted by Crippen LogP contribution is -2.29. The average molecular weight is 467 g/mol. The number of carbonyl (C=O) groups is 1. The number of amides is 1. The van der Waals surface area contributed by atoms with Gasteiger partial charge in [0.15, 0.2) is 5.82 Å². The molecule has 0 spiro atoms. The minimum Gasteiger partial charge on any atom is -0.382 e. The fourth-order valence-corrected chi connectivity index (χ4v) is 4.09. The molecule has 2 aromatic heterocycles. The highest BCUT2D eigenvalue weighted by Crippen LogP contribution is 2.27. The summed E-state index contributed by atoms with van der Waals surface area (Å²) in [5.74, 6) is 0.287. The van der Waals surface area contributed by atoms with Crippen molar-refractivity contribution in [1.29, 1.82) is 0 Å². The molecule has 0 atom stereocenters. The van der Waals surface area contributed by atoms with Gasteiger partial charge in [-0.05, 0) is 30.5 Å². The number of non-ortho nitro benzene ring substituents is 1. The summed E-state index contributed by atoms with van der Waals surface area (Å²) >= 11 is 6.21. The normalized spacial score (nSPS) is 11.2. The number of imidazole rings is 1. The first kappa shape index (κ1) is 22.5. The number of anilines is 1. The molecule has 0 radical (unpaired) electrons. The van der Waals surface area contributed by atoms with Gasteiger partial charge in [-0.2, -0.15) is 0 Å². The number of aromatic nitrogens is 3. The molecule has 0 saturated heterocycles. The van der Waals surface area contributed by atoms with Crippen LogP contribution < -0.4 is 5.73 Å². The first-order valence-electron chi connectivity index (χ1n) is 10.5. The quantitative estimate of drug-likeness (QED) is 0.231. The van der Waals surface area contributed by atoms with Gasteiger partial charge in [0.25, 0.3) is 5.69 Å². The minimum absolute atomic E-state index is 0.0501. The molecule has 4 rings (SSSR count). The summed E-state index contributed by atoms with van der Waals surface area (Å²) in [6.45, 7) is 2.91. The molecule has 2 N–H and O–H groups in total. The van der Waals surface area contributed by atoms with Crippen molar-refractivity contribution < 1.29 is 9.72 Å². The molecule has 0 aliphatic rings. The monoisotopic (exact) mass is 466 g/mol. The van der Waals surface area contributed by atoms with E-state index in [1.807, 2.05) is 24.3 Å². The van der Waals surface area contributed by atoms with Gasteiger partial charge in [-0.1, -0.05) is 29.8 Å². The number of rotatable bonds is 8. The highest BCUT2D eigenvalue weighted by molar-refractivity contribution is 6.31. The number of nitro groups is 1.